The minimum atomic E-state index is -5.00. The summed E-state index contributed by atoms with van der Waals surface area (Å²) >= 11 is 0. The van der Waals surface area contributed by atoms with Gasteiger partial charge in [-0.25, -0.2) is 0 Å². The first-order valence-electron chi connectivity index (χ1n) is 21.2. The summed E-state index contributed by atoms with van der Waals surface area (Å²) in [7, 11) is -19.7. The summed E-state index contributed by atoms with van der Waals surface area (Å²) in [5, 5.41) is 54.6. The van der Waals surface area contributed by atoms with E-state index in [-0.39, 0.29) is 78.2 Å². The van der Waals surface area contributed by atoms with Gasteiger partial charge < -0.3 is 33.1 Å². The second-order valence-electron chi connectivity index (χ2n) is 16.5. The van der Waals surface area contributed by atoms with E-state index < -0.39 is 94.3 Å². The Hall–Kier alpha value is -8.88. The third kappa shape index (κ3) is 10.8. The van der Waals surface area contributed by atoms with Gasteiger partial charge in [0.25, 0.3) is 40.5 Å². The Morgan fingerprint density at radius 2 is 0.632 bits per heavy atom. The Morgan fingerprint density at radius 3 is 0.947 bits per heavy atom. The lowest BCUT2D eigenvalue weighted by atomic mass is 10.1. The molecule has 0 saturated carbocycles. The van der Waals surface area contributed by atoms with Gasteiger partial charge in [0.15, 0.2) is 11.5 Å². The topological polar surface area (TPSA) is 461 Å². The number of benzene rings is 8. The molecular weight excluding hydrogens is 1070 g/mol. The standard InChI is InChI=1S/C46H38N12O14S4/c1-21-33(47)19-37(75(67,68)69)41(39(21)49)55-53-29-13-7-25-15-35(73(61,62)63)43(45(59)31(25)17-29)57-51-27-9-3-23(4-10-27)24-5-11-28(12-6-24)52-58-44-36(74(64,65)66)16-26-8-14-30(18-32(26)46(44)60)54-56-42-38(76(70,71)72)20-34(48)22(2)40(42)50/h3-20,59-60H,47-50H2,1-2H3,(H,61,62,63)(H,64,65,66)(H,67,68,69)(H,70,71,72). The highest BCUT2D eigenvalue weighted by molar-refractivity contribution is 7.86. The molecule has 0 unspecified atom stereocenters. The number of nitrogen functional groups attached to an aromatic ring is 4. The van der Waals surface area contributed by atoms with E-state index in [1.54, 1.807) is 24.3 Å². The van der Waals surface area contributed by atoms with Gasteiger partial charge in [0, 0.05) is 22.1 Å². The number of rotatable bonds is 13. The Bertz CT molecular complexity index is 4090. The molecule has 0 radical (unpaired) electrons. The average molecular weight is 1110 g/mol. The first-order valence-corrected chi connectivity index (χ1v) is 27.0. The van der Waals surface area contributed by atoms with Crippen molar-refractivity contribution in [2.24, 2.45) is 40.9 Å². The number of nitrogens with two attached hydrogens (primary N) is 4. The van der Waals surface area contributed by atoms with Crippen LogP contribution < -0.4 is 22.9 Å². The van der Waals surface area contributed by atoms with E-state index in [0.29, 0.717) is 11.1 Å². The van der Waals surface area contributed by atoms with Crippen LogP contribution >= 0.6 is 0 Å². The van der Waals surface area contributed by atoms with Gasteiger partial charge in [0.1, 0.15) is 42.3 Å². The number of anilines is 4. The number of azo groups is 4. The SMILES string of the molecule is Cc1c(N)cc(S(=O)(=O)O)c(N=Nc2ccc3cc(S(=O)(=O)O)c(N=Nc4ccc(-c5ccc(N=Nc6c(S(=O)(=O)O)cc7ccc(N=Nc8c(S(=O)(=O)O)cc(N)c(C)c8N)cc7c6O)cc5)cc4)c(O)c3c2)c1N. The van der Waals surface area contributed by atoms with Crippen molar-refractivity contribution in [3.8, 4) is 22.6 Å². The molecule has 0 aromatic heterocycles. The minimum absolute atomic E-state index is 0.00113. The fourth-order valence-corrected chi connectivity index (χ4v) is 10.1. The van der Waals surface area contributed by atoms with E-state index in [1.165, 1.54) is 74.5 Å². The van der Waals surface area contributed by atoms with Crippen LogP contribution in [0.1, 0.15) is 11.1 Å². The lowest BCUT2D eigenvalue weighted by Gasteiger charge is -2.11. The van der Waals surface area contributed by atoms with Crippen LogP contribution in [0, 0.1) is 13.8 Å². The van der Waals surface area contributed by atoms with Crippen molar-refractivity contribution < 1.29 is 62.1 Å². The molecule has 0 heterocycles. The van der Waals surface area contributed by atoms with Crippen LogP contribution in [0.4, 0.5) is 68.2 Å². The molecule has 0 amide bonds. The zero-order valence-corrected chi connectivity index (χ0v) is 42.1. The molecule has 26 nitrogen and oxygen atoms in total. The van der Waals surface area contributed by atoms with Gasteiger partial charge in [-0.3, -0.25) is 18.2 Å². The van der Waals surface area contributed by atoms with Crippen molar-refractivity contribution in [3.63, 3.8) is 0 Å². The van der Waals surface area contributed by atoms with E-state index in [4.69, 9.17) is 22.9 Å². The van der Waals surface area contributed by atoms with Gasteiger partial charge in [-0.15, -0.1) is 20.5 Å². The highest BCUT2D eigenvalue weighted by atomic mass is 32.2. The number of hydrogen-bond acceptors (Lipinski definition) is 22. The van der Waals surface area contributed by atoms with Gasteiger partial charge in [-0.1, -0.05) is 36.4 Å². The number of phenols is 2. The molecule has 0 fully saturated rings. The number of aromatic hydroxyl groups is 2. The predicted octanol–water partition coefficient (Wildman–Crippen LogP) is 10.7. The third-order valence-corrected chi connectivity index (χ3v) is 15.0. The van der Waals surface area contributed by atoms with Crippen molar-refractivity contribution in [3.05, 3.63) is 120 Å². The van der Waals surface area contributed by atoms with E-state index in [9.17, 15) is 62.1 Å². The maximum atomic E-state index is 12.5. The van der Waals surface area contributed by atoms with E-state index >= 15 is 0 Å². The zero-order chi connectivity index (χ0) is 55.4. The molecule has 8 aromatic rings. The smallest absolute Gasteiger partial charge is 0.296 e. The van der Waals surface area contributed by atoms with Crippen LogP contribution in [0.3, 0.4) is 0 Å². The van der Waals surface area contributed by atoms with Crippen molar-refractivity contribution in [2.75, 3.05) is 22.9 Å². The molecule has 390 valence electrons. The monoisotopic (exact) mass is 1110 g/mol. The van der Waals surface area contributed by atoms with Gasteiger partial charge in [0.05, 0.1) is 34.1 Å². The molecule has 30 heteroatoms. The molecular formula is C46H38N12O14S4. The van der Waals surface area contributed by atoms with E-state index in [1.807, 2.05) is 0 Å². The molecule has 14 N–H and O–H groups in total. The highest BCUT2D eigenvalue weighted by Gasteiger charge is 2.26. The molecule has 8 rings (SSSR count). The van der Waals surface area contributed by atoms with Crippen molar-refractivity contribution in [2.45, 2.75) is 33.4 Å². The normalized spacial score (nSPS) is 12.9. The quantitative estimate of drug-likeness (QED) is 0.0291. The zero-order valence-electron chi connectivity index (χ0n) is 38.9. The minimum Gasteiger partial charge on any atom is -0.505 e. The lowest BCUT2D eigenvalue weighted by Crippen LogP contribution is -2.04. The maximum Gasteiger partial charge on any atom is 0.296 e. The summed E-state index contributed by atoms with van der Waals surface area (Å²) in [6.45, 7) is 2.99. The largest absolute Gasteiger partial charge is 0.505 e. The second kappa shape index (κ2) is 19.8. The third-order valence-electron chi connectivity index (χ3n) is 11.5. The van der Waals surface area contributed by atoms with Crippen LogP contribution in [0.25, 0.3) is 32.7 Å². The molecule has 8 aromatic carbocycles. The predicted molar refractivity (Wildman–Crippen MR) is 279 cm³/mol. The van der Waals surface area contributed by atoms with Gasteiger partial charge in [0.2, 0.25) is 0 Å². The number of fused-ring (bicyclic) bond motifs is 2. The maximum absolute atomic E-state index is 12.5. The highest BCUT2D eigenvalue weighted by Crippen LogP contribution is 2.46. The summed E-state index contributed by atoms with van der Waals surface area (Å²) in [6.07, 6.45) is 0. The van der Waals surface area contributed by atoms with Gasteiger partial charge >= 0.3 is 0 Å². The van der Waals surface area contributed by atoms with Crippen molar-refractivity contribution in [1.29, 1.82) is 0 Å². The van der Waals surface area contributed by atoms with E-state index in [2.05, 4.69) is 40.9 Å². The molecule has 0 bridgehead atoms. The first-order chi connectivity index (χ1) is 35.5. The molecule has 0 aliphatic carbocycles. The van der Waals surface area contributed by atoms with Crippen LogP contribution in [-0.4, -0.2) is 62.1 Å². The summed E-state index contributed by atoms with van der Waals surface area (Å²) in [5.41, 5.74) is 23.3. The molecule has 0 aliphatic rings. The van der Waals surface area contributed by atoms with Crippen LogP contribution in [0.2, 0.25) is 0 Å². The summed E-state index contributed by atoms with van der Waals surface area (Å²) < 4.78 is 138. The molecule has 0 saturated heterocycles. The first kappa shape index (κ1) is 53.4. The number of hydrogen-bond donors (Lipinski definition) is 10. The van der Waals surface area contributed by atoms with E-state index in [0.717, 1.165) is 24.3 Å². The van der Waals surface area contributed by atoms with Crippen molar-refractivity contribution >= 4 is 130 Å². The molecule has 0 atom stereocenters. The van der Waals surface area contributed by atoms with Crippen molar-refractivity contribution in [1.82, 2.24) is 0 Å². The fraction of sp³-hybridized carbons (Fsp3) is 0.0435. The molecule has 0 spiro atoms. The second-order valence-corrected chi connectivity index (χ2v) is 22.0. The summed E-state index contributed by atoms with van der Waals surface area (Å²) in [4.78, 5) is -3.00. The average Bonchev–Trinajstić information content (AvgIpc) is 3.37. The Labute approximate surface area is 430 Å². The Morgan fingerprint density at radius 1 is 0.355 bits per heavy atom. The molecule has 76 heavy (non-hydrogen) atoms. The fourth-order valence-electron chi connectivity index (χ4n) is 7.41. The van der Waals surface area contributed by atoms with Crippen LogP contribution in [0.5, 0.6) is 11.5 Å². The van der Waals surface area contributed by atoms with Crippen LogP contribution in [0.15, 0.2) is 170 Å². The van der Waals surface area contributed by atoms with Gasteiger partial charge in [-0.2, -0.15) is 54.1 Å². The van der Waals surface area contributed by atoms with Gasteiger partial charge in [-0.05, 0) is 120 Å². The summed E-state index contributed by atoms with van der Waals surface area (Å²) in [5.74, 6) is -1.48. The molecule has 0 aliphatic heterocycles. The Balaban J connectivity index is 1.04. The Kier molecular flexibility index (Phi) is 13.9. The number of nitrogens with zero attached hydrogens (tertiary/aromatic N) is 8. The van der Waals surface area contributed by atoms with Crippen LogP contribution in [-0.2, 0) is 40.5 Å². The number of phenolic OH excluding ortho intramolecular Hbond substituents is 2. The lowest BCUT2D eigenvalue weighted by molar-refractivity contribution is 0.471. The summed E-state index contributed by atoms with van der Waals surface area (Å²) in [6, 6.07) is 24.3.